The topological polar surface area (TPSA) is 100 Å². The van der Waals surface area contributed by atoms with E-state index in [-0.39, 0.29) is 19.1 Å². The van der Waals surface area contributed by atoms with Crippen LogP contribution >= 0.6 is 0 Å². The molecular weight excluding hydrogens is 352 g/mol. The lowest BCUT2D eigenvalue weighted by Crippen LogP contribution is -2.51. The second-order valence-corrected chi connectivity index (χ2v) is 6.35. The van der Waals surface area contributed by atoms with E-state index in [1.165, 1.54) is 19.1 Å². The van der Waals surface area contributed by atoms with E-state index in [4.69, 9.17) is 24.7 Å². The van der Waals surface area contributed by atoms with E-state index in [2.05, 4.69) is 0 Å². The van der Waals surface area contributed by atoms with Crippen molar-refractivity contribution >= 4 is 17.7 Å². The van der Waals surface area contributed by atoms with Crippen molar-refractivity contribution in [2.45, 2.75) is 51.8 Å². The second-order valence-electron chi connectivity index (χ2n) is 6.35. The summed E-state index contributed by atoms with van der Waals surface area (Å²) in [5.41, 5.74) is 7.42. The quantitative estimate of drug-likeness (QED) is 0.757. The summed E-state index contributed by atoms with van der Waals surface area (Å²) >= 11 is 0. The molecule has 8 nitrogen and oxygen atoms in total. The number of carbonyl (C=O) groups is 2. The highest BCUT2D eigenvalue weighted by atomic mass is 16.6. The van der Waals surface area contributed by atoms with Gasteiger partial charge in [-0.2, -0.15) is 0 Å². The minimum Gasteiger partial charge on any atom is -0.493 e. The van der Waals surface area contributed by atoms with Gasteiger partial charge in [-0.1, -0.05) is 6.92 Å². The molecule has 2 rings (SSSR count). The largest absolute Gasteiger partial charge is 0.493 e. The molecule has 1 aliphatic rings. The van der Waals surface area contributed by atoms with Crippen LogP contribution in [-0.2, 0) is 14.3 Å². The second kappa shape index (κ2) is 8.94. The third-order valence-electron chi connectivity index (χ3n) is 4.61. The van der Waals surface area contributed by atoms with Gasteiger partial charge in [0.25, 0.3) is 0 Å². The fourth-order valence-corrected chi connectivity index (χ4v) is 3.01. The molecule has 3 unspecified atom stereocenters. The molecule has 0 bridgehead atoms. The summed E-state index contributed by atoms with van der Waals surface area (Å²) in [7, 11) is 3.02. The zero-order valence-corrected chi connectivity index (χ0v) is 16.5. The van der Waals surface area contributed by atoms with E-state index >= 15 is 0 Å². The van der Waals surface area contributed by atoms with E-state index < -0.39 is 24.1 Å². The van der Waals surface area contributed by atoms with Crippen LogP contribution in [0.1, 0.15) is 45.2 Å². The van der Waals surface area contributed by atoms with Gasteiger partial charge in [0.15, 0.2) is 11.5 Å². The molecule has 8 heteroatoms. The minimum absolute atomic E-state index is 0.206. The maximum absolute atomic E-state index is 12.9. The SMILES string of the molecule is CCOC(=O)C1CC(N)c2cc(OC)c(OC)cc2N1C(=O)OC(C)CC. The predicted octanol–water partition coefficient (Wildman–Crippen LogP) is 2.78. The first-order valence-corrected chi connectivity index (χ1v) is 9.05. The molecular formula is C19H28N2O6. The Kier molecular flexibility index (Phi) is 6.90. The Hall–Kier alpha value is -2.48. The Bertz CT molecular complexity index is 693. The Labute approximate surface area is 159 Å². The number of rotatable bonds is 6. The standard InChI is InChI=1S/C19H28N2O6/c1-6-11(3)27-19(23)21-14-10-17(25-5)16(24-4)8-12(14)13(20)9-15(21)18(22)26-7-2/h8,10-11,13,15H,6-7,9,20H2,1-5H3. The first kappa shape index (κ1) is 20.8. The average molecular weight is 380 g/mol. The summed E-state index contributed by atoms with van der Waals surface area (Å²) < 4.78 is 21.3. The summed E-state index contributed by atoms with van der Waals surface area (Å²) in [6, 6.07) is 2.02. The van der Waals surface area contributed by atoms with Crippen molar-refractivity contribution in [2.75, 3.05) is 25.7 Å². The number of fused-ring (bicyclic) bond motifs is 1. The molecule has 0 radical (unpaired) electrons. The van der Waals surface area contributed by atoms with Crippen molar-refractivity contribution < 1.29 is 28.5 Å². The van der Waals surface area contributed by atoms with Gasteiger partial charge in [-0.3, -0.25) is 4.90 Å². The van der Waals surface area contributed by atoms with Crippen molar-refractivity contribution in [2.24, 2.45) is 5.73 Å². The Morgan fingerprint density at radius 2 is 1.85 bits per heavy atom. The normalized spacial score (nSPS) is 19.7. The molecule has 0 saturated heterocycles. The molecule has 2 N–H and O–H groups in total. The zero-order chi connectivity index (χ0) is 20.1. The Balaban J connectivity index is 2.56. The molecule has 3 atom stereocenters. The number of hydrogen-bond donors (Lipinski definition) is 1. The third kappa shape index (κ3) is 4.27. The van der Waals surface area contributed by atoms with E-state index in [0.717, 1.165) is 0 Å². The van der Waals surface area contributed by atoms with Crippen LogP contribution < -0.4 is 20.1 Å². The maximum atomic E-state index is 12.9. The first-order chi connectivity index (χ1) is 12.9. The lowest BCUT2D eigenvalue weighted by Gasteiger charge is -2.38. The van der Waals surface area contributed by atoms with Crippen molar-refractivity contribution in [1.82, 2.24) is 0 Å². The van der Waals surface area contributed by atoms with Crippen LogP contribution in [0.5, 0.6) is 11.5 Å². The monoisotopic (exact) mass is 380 g/mol. The van der Waals surface area contributed by atoms with Gasteiger partial charge in [-0.05, 0) is 38.3 Å². The van der Waals surface area contributed by atoms with Gasteiger partial charge in [-0.15, -0.1) is 0 Å². The van der Waals surface area contributed by atoms with Gasteiger partial charge in [0.2, 0.25) is 0 Å². The van der Waals surface area contributed by atoms with E-state index in [9.17, 15) is 9.59 Å². The number of hydrogen-bond acceptors (Lipinski definition) is 7. The van der Waals surface area contributed by atoms with Crippen LogP contribution in [0, 0.1) is 0 Å². The van der Waals surface area contributed by atoms with Gasteiger partial charge < -0.3 is 24.7 Å². The number of amides is 1. The highest BCUT2D eigenvalue weighted by molar-refractivity contribution is 5.98. The number of carbonyl (C=O) groups excluding carboxylic acids is 2. The number of nitrogens with two attached hydrogens (primary N) is 1. The smallest absolute Gasteiger partial charge is 0.415 e. The number of ether oxygens (including phenoxy) is 4. The lowest BCUT2D eigenvalue weighted by molar-refractivity contribution is -0.145. The number of methoxy groups -OCH3 is 2. The molecule has 1 aliphatic heterocycles. The average Bonchev–Trinajstić information content (AvgIpc) is 2.66. The van der Waals surface area contributed by atoms with Crippen LogP contribution in [0.3, 0.4) is 0 Å². The van der Waals surface area contributed by atoms with Gasteiger partial charge in [0.05, 0.1) is 26.5 Å². The Morgan fingerprint density at radius 1 is 1.22 bits per heavy atom. The fourth-order valence-electron chi connectivity index (χ4n) is 3.01. The molecule has 0 aliphatic carbocycles. The predicted molar refractivity (Wildman–Crippen MR) is 100 cm³/mol. The van der Waals surface area contributed by atoms with E-state index in [1.54, 1.807) is 26.0 Å². The fraction of sp³-hybridized carbons (Fsp3) is 0.579. The Morgan fingerprint density at radius 3 is 2.41 bits per heavy atom. The summed E-state index contributed by atoms with van der Waals surface area (Å²) in [5, 5.41) is 0. The zero-order valence-electron chi connectivity index (χ0n) is 16.5. The maximum Gasteiger partial charge on any atom is 0.415 e. The lowest BCUT2D eigenvalue weighted by atomic mass is 9.91. The highest BCUT2D eigenvalue weighted by Crippen LogP contribution is 2.43. The highest BCUT2D eigenvalue weighted by Gasteiger charge is 2.41. The van der Waals surface area contributed by atoms with Gasteiger partial charge in [0, 0.05) is 12.1 Å². The number of benzene rings is 1. The van der Waals surface area contributed by atoms with Crippen molar-refractivity contribution in [3.8, 4) is 11.5 Å². The molecule has 0 saturated carbocycles. The molecule has 1 heterocycles. The number of nitrogens with zero attached hydrogens (tertiary/aromatic N) is 1. The molecule has 1 aromatic rings. The number of anilines is 1. The molecule has 0 spiro atoms. The summed E-state index contributed by atoms with van der Waals surface area (Å²) in [5.74, 6) is 0.403. The summed E-state index contributed by atoms with van der Waals surface area (Å²) in [4.78, 5) is 26.7. The van der Waals surface area contributed by atoms with Crippen LogP contribution in [0.2, 0.25) is 0 Å². The van der Waals surface area contributed by atoms with Gasteiger partial charge in [0.1, 0.15) is 12.1 Å². The summed E-state index contributed by atoms with van der Waals surface area (Å²) in [6.07, 6.45) is -0.0406. The summed E-state index contributed by atoms with van der Waals surface area (Å²) in [6.45, 7) is 5.62. The minimum atomic E-state index is -0.873. The van der Waals surface area contributed by atoms with E-state index in [1.807, 2.05) is 6.92 Å². The third-order valence-corrected chi connectivity index (χ3v) is 4.61. The first-order valence-electron chi connectivity index (χ1n) is 9.05. The molecule has 1 aromatic carbocycles. The van der Waals surface area contributed by atoms with E-state index in [0.29, 0.717) is 29.2 Å². The van der Waals surface area contributed by atoms with Gasteiger partial charge >= 0.3 is 12.1 Å². The van der Waals surface area contributed by atoms with Crippen LogP contribution in [0.15, 0.2) is 12.1 Å². The number of esters is 1. The van der Waals surface area contributed by atoms with Crippen molar-refractivity contribution in [3.63, 3.8) is 0 Å². The molecule has 1 amide bonds. The molecule has 0 fully saturated rings. The van der Waals surface area contributed by atoms with Crippen molar-refractivity contribution in [1.29, 1.82) is 0 Å². The van der Waals surface area contributed by atoms with Crippen LogP contribution in [-0.4, -0.2) is 45.0 Å². The van der Waals surface area contributed by atoms with Crippen molar-refractivity contribution in [3.05, 3.63) is 17.7 Å². The molecule has 0 aromatic heterocycles. The van der Waals surface area contributed by atoms with Crippen LogP contribution in [0.25, 0.3) is 0 Å². The molecule has 27 heavy (non-hydrogen) atoms. The van der Waals surface area contributed by atoms with Gasteiger partial charge in [-0.25, -0.2) is 9.59 Å². The van der Waals surface area contributed by atoms with Crippen LogP contribution in [0.4, 0.5) is 10.5 Å². The molecule has 150 valence electrons.